The largest absolute Gasteiger partial charge is 0.444 e. The first kappa shape index (κ1) is 34.5. The Hall–Kier alpha value is -4.35. The van der Waals surface area contributed by atoms with E-state index in [1.807, 2.05) is 37.9 Å². The molecule has 8 nitrogen and oxygen atoms in total. The molecule has 1 aromatic carbocycles. The fourth-order valence-corrected chi connectivity index (χ4v) is 6.00. The Morgan fingerprint density at radius 3 is 2.61 bits per heavy atom. The number of rotatable bonds is 9. The number of fused-ring (bicyclic) bond motifs is 1. The van der Waals surface area contributed by atoms with E-state index >= 15 is 0 Å². The molecule has 1 amide bonds. The van der Waals surface area contributed by atoms with Gasteiger partial charge in [0.15, 0.2) is 0 Å². The molecular weight excluding hydrogens is 572 g/mol. The molecule has 1 atom stereocenters. The zero-order valence-corrected chi connectivity index (χ0v) is 28.0. The molecule has 0 spiro atoms. The lowest BCUT2D eigenvalue weighted by Crippen LogP contribution is -2.36. The van der Waals surface area contributed by atoms with E-state index in [0.717, 1.165) is 97.8 Å². The van der Waals surface area contributed by atoms with Crippen LogP contribution >= 0.6 is 0 Å². The van der Waals surface area contributed by atoms with E-state index < -0.39 is 5.60 Å². The van der Waals surface area contributed by atoms with E-state index in [4.69, 9.17) is 9.72 Å². The van der Waals surface area contributed by atoms with Crippen LogP contribution in [-0.4, -0.2) is 49.6 Å². The molecular formula is C38H50N6O2. The molecule has 0 saturated carbocycles. The van der Waals surface area contributed by atoms with Gasteiger partial charge in [-0.15, -0.1) is 12.8 Å². The molecule has 46 heavy (non-hydrogen) atoms. The van der Waals surface area contributed by atoms with Crippen LogP contribution in [0.1, 0.15) is 107 Å². The lowest BCUT2D eigenvalue weighted by atomic mass is 9.95. The second-order valence-electron chi connectivity index (χ2n) is 12.9. The second-order valence-corrected chi connectivity index (χ2v) is 12.9. The van der Waals surface area contributed by atoms with Crippen LogP contribution in [0, 0.1) is 12.8 Å². The van der Waals surface area contributed by atoms with Crippen molar-refractivity contribution >= 4 is 17.2 Å². The summed E-state index contributed by atoms with van der Waals surface area (Å²) in [6.07, 6.45) is 24.2. The maximum absolute atomic E-state index is 13.0. The molecule has 2 aliphatic rings. The third kappa shape index (κ3) is 8.88. The van der Waals surface area contributed by atoms with Crippen molar-refractivity contribution < 1.29 is 9.53 Å². The number of nitrogens with one attached hydrogen (secondary N) is 3. The van der Waals surface area contributed by atoms with Gasteiger partial charge in [0.25, 0.3) is 0 Å². The van der Waals surface area contributed by atoms with Crippen molar-refractivity contribution in [1.82, 2.24) is 30.2 Å². The van der Waals surface area contributed by atoms with Crippen LogP contribution in [0.2, 0.25) is 0 Å². The highest BCUT2D eigenvalue weighted by Crippen LogP contribution is 2.35. The molecule has 1 saturated heterocycles. The Kier molecular flexibility index (Phi) is 12.2. The van der Waals surface area contributed by atoms with Gasteiger partial charge in [0.1, 0.15) is 17.2 Å². The molecule has 8 heteroatoms. The third-order valence-electron chi connectivity index (χ3n) is 8.23. The molecule has 3 N–H and O–H groups in total. The van der Waals surface area contributed by atoms with E-state index in [0.29, 0.717) is 6.54 Å². The van der Waals surface area contributed by atoms with Crippen molar-refractivity contribution in [2.24, 2.45) is 0 Å². The summed E-state index contributed by atoms with van der Waals surface area (Å²) >= 11 is 0. The van der Waals surface area contributed by atoms with Gasteiger partial charge in [0, 0.05) is 12.2 Å². The van der Waals surface area contributed by atoms with Crippen molar-refractivity contribution in [3.8, 4) is 24.1 Å². The van der Waals surface area contributed by atoms with Crippen molar-refractivity contribution in [2.45, 2.75) is 97.2 Å². The summed E-state index contributed by atoms with van der Waals surface area (Å²) in [6, 6.07) is 8.44. The standard InChI is InChI=1S/C36H48N6O2.C2H2/c1-6-21-37-24-32-38-23-30(39-32)27-18-16-26(17-19-27)25(7-2)15-20-28-12-9-8-10-13-29-33(28)41-34(40-29)31-14-11-22-42(31)35(43)44-36(3,4)5;1-2/h7,15-20,23,31,37H,2,6,8-14,21-22,24H2,1,3-5H3,(H,38,39)(H,40,41);1-2H/b25-15+,28-20+;/t31-;/m0./s1. The molecule has 0 unspecified atom stereocenters. The predicted octanol–water partition coefficient (Wildman–Crippen LogP) is 8.39. The Balaban J connectivity index is 0.00000235. The molecule has 1 aliphatic heterocycles. The van der Waals surface area contributed by atoms with Crippen LogP contribution in [0.15, 0.2) is 55.3 Å². The van der Waals surface area contributed by atoms with Crippen LogP contribution < -0.4 is 5.32 Å². The average Bonchev–Trinajstić information content (AvgIpc) is 3.80. The number of aromatic amines is 2. The fourth-order valence-electron chi connectivity index (χ4n) is 6.00. The number of carbonyl (C=O) groups is 1. The van der Waals surface area contributed by atoms with E-state index in [-0.39, 0.29) is 12.1 Å². The number of terminal acetylenes is 1. The number of aromatic nitrogens is 4. The zero-order chi connectivity index (χ0) is 33.1. The monoisotopic (exact) mass is 622 g/mol. The highest BCUT2D eigenvalue weighted by molar-refractivity contribution is 5.79. The van der Waals surface area contributed by atoms with Gasteiger partial charge in [0.2, 0.25) is 0 Å². The summed E-state index contributed by atoms with van der Waals surface area (Å²) in [7, 11) is 0. The number of benzene rings is 1. The average molecular weight is 623 g/mol. The Morgan fingerprint density at radius 1 is 1.13 bits per heavy atom. The van der Waals surface area contributed by atoms with Crippen molar-refractivity contribution in [3.05, 3.63) is 83.9 Å². The predicted molar refractivity (Wildman–Crippen MR) is 188 cm³/mol. The van der Waals surface area contributed by atoms with Gasteiger partial charge in [-0.2, -0.15) is 0 Å². The van der Waals surface area contributed by atoms with Gasteiger partial charge < -0.3 is 20.0 Å². The molecule has 0 bridgehead atoms. The Labute approximate surface area is 274 Å². The molecule has 3 aromatic rings. The van der Waals surface area contributed by atoms with Gasteiger partial charge in [0.05, 0.1) is 30.2 Å². The Morgan fingerprint density at radius 2 is 1.89 bits per heavy atom. The minimum atomic E-state index is -0.526. The van der Waals surface area contributed by atoms with Gasteiger partial charge >= 0.3 is 6.09 Å². The summed E-state index contributed by atoms with van der Waals surface area (Å²) in [5.74, 6) is 1.82. The number of carbonyl (C=O) groups excluding carboxylic acids is 1. The molecule has 0 radical (unpaired) electrons. The van der Waals surface area contributed by atoms with Crippen LogP contribution in [0.5, 0.6) is 0 Å². The number of imidazole rings is 2. The van der Waals surface area contributed by atoms with Crippen LogP contribution in [0.25, 0.3) is 22.4 Å². The summed E-state index contributed by atoms with van der Waals surface area (Å²) in [4.78, 5) is 31.6. The van der Waals surface area contributed by atoms with Crippen molar-refractivity contribution in [3.63, 3.8) is 0 Å². The minimum absolute atomic E-state index is 0.0873. The third-order valence-corrected chi connectivity index (χ3v) is 8.23. The van der Waals surface area contributed by atoms with Crippen LogP contribution in [0.4, 0.5) is 4.79 Å². The summed E-state index contributed by atoms with van der Waals surface area (Å²) in [6.45, 7) is 14.4. The molecule has 244 valence electrons. The summed E-state index contributed by atoms with van der Waals surface area (Å²) < 4.78 is 5.72. The quantitative estimate of drug-likeness (QED) is 0.126. The number of amides is 1. The summed E-state index contributed by atoms with van der Waals surface area (Å²) in [5.41, 5.74) is 7.19. The highest BCUT2D eigenvalue weighted by atomic mass is 16.6. The SMILES string of the molecule is C#C.C=C/C(=C\C=C1/CCCCCc2[nH]c([C@@H]3CCCN3C(=O)OC(C)(C)C)nc21)c1ccc(-c2cnc(CNCCC)[nH]2)cc1. The number of aryl methyl sites for hydroxylation is 1. The lowest BCUT2D eigenvalue weighted by Gasteiger charge is -2.27. The first-order chi connectivity index (χ1) is 22.3. The number of hydrogen-bond acceptors (Lipinski definition) is 5. The number of H-pyrrole nitrogens is 2. The minimum Gasteiger partial charge on any atom is -0.444 e. The Bertz CT molecular complexity index is 1530. The molecule has 3 heterocycles. The van der Waals surface area contributed by atoms with E-state index in [2.05, 4.69) is 83.0 Å². The van der Waals surface area contributed by atoms with E-state index in [1.165, 1.54) is 17.7 Å². The van der Waals surface area contributed by atoms with Crippen molar-refractivity contribution in [2.75, 3.05) is 13.1 Å². The topological polar surface area (TPSA) is 98.9 Å². The number of ether oxygens (including phenoxy) is 1. The molecule has 1 aliphatic carbocycles. The maximum atomic E-state index is 13.0. The second kappa shape index (κ2) is 16.3. The maximum Gasteiger partial charge on any atom is 0.410 e. The molecule has 1 fully saturated rings. The van der Waals surface area contributed by atoms with Crippen molar-refractivity contribution in [1.29, 1.82) is 0 Å². The van der Waals surface area contributed by atoms with E-state index in [9.17, 15) is 4.79 Å². The van der Waals surface area contributed by atoms with Crippen LogP contribution in [-0.2, 0) is 17.7 Å². The highest BCUT2D eigenvalue weighted by Gasteiger charge is 2.35. The van der Waals surface area contributed by atoms with Gasteiger partial charge in [-0.25, -0.2) is 14.8 Å². The van der Waals surface area contributed by atoms with Gasteiger partial charge in [-0.3, -0.25) is 4.90 Å². The lowest BCUT2D eigenvalue weighted by molar-refractivity contribution is 0.0218. The fraction of sp³-hybridized carbons (Fsp3) is 0.447. The van der Waals surface area contributed by atoms with Gasteiger partial charge in [-0.05, 0) is 94.5 Å². The normalized spacial score (nSPS) is 17.9. The van der Waals surface area contributed by atoms with E-state index in [1.54, 1.807) is 0 Å². The first-order valence-corrected chi connectivity index (χ1v) is 16.6. The molecule has 5 rings (SSSR count). The number of likely N-dealkylation sites (tertiary alicyclic amines) is 1. The summed E-state index contributed by atoms with van der Waals surface area (Å²) in [5, 5.41) is 3.39. The smallest absolute Gasteiger partial charge is 0.410 e. The van der Waals surface area contributed by atoms with Crippen LogP contribution in [0.3, 0.4) is 0 Å². The number of nitrogens with zero attached hydrogens (tertiary/aromatic N) is 3. The first-order valence-electron chi connectivity index (χ1n) is 16.6. The van der Waals surface area contributed by atoms with Gasteiger partial charge in [-0.1, -0.05) is 62.4 Å². The molecule has 2 aromatic heterocycles. The number of allylic oxidation sites excluding steroid dienone is 5. The zero-order valence-electron chi connectivity index (χ0n) is 28.0. The number of hydrogen-bond donors (Lipinski definition) is 3.